The number of benzene rings is 1. The summed E-state index contributed by atoms with van der Waals surface area (Å²) < 4.78 is 29.0. The van der Waals surface area contributed by atoms with Gasteiger partial charge in [0.2, 0.25) is 0 Å². The predicted octanol–water partition coefficient (Wildman–Crippen LogP) is 2.19. The first-order valence-electron chi connectivity index (χ1n) is 5.72. The normalized spacial score (nSPS) is 11.3. The summed E-state index contributed by atoms with van der Waals surface area (Å²) in [7, 11) is -3.12. The number of hydrogen-bond acceptors (Lipinski definition) is 4. The zero-order valence-electron chi connectivity index (χ0n) is 10.4. The number of rotatable bonds is 7. The standard InChI is InChI=1S/C12H15IO5S/c1-2-6-19(16,17)7-5-18-11-4-3-9(13)8-10(11)12(14)15/h3-4,8H,2,5-7H2,1H3,(H,14,15). The maximum absolute atomic E-state index is 11.5. The monoisotopic (exact) mass is 398 g/mol. The molecule has 1 aromatic carbocycles. The maximum Gasteiger partial charge on any atom is 0.339 e. The molecule has 0 unspecified atom stereocenters. The number of aromatic carboxylic acids is 1. The number of carboxylic acids is 1. The quantitative estimate of drug-likeness (QED) is 0.713. The number of carbonyl (C=O) groups is 1. The van der Waals surface area contributed by atoms with Crippen LogP contribution < -0.4 is 4.74 Å². The Bertz CT molecular complexity index is 553. The van der Waals surface area contributed by atoms with Crippen molar-refractivity contribution in [3.63, 3.8) is 0 Å². The number of ether oxygens (including phenoxy) is 1. The number of carboxylic acid groups (broad SMARTS) is 1. The van der Waals surface area contributed by atoms with E-state index in [-0.39, 0.29) is 29.4 Å². The first kappa shape index (κ1) is 16.2. The van der Waals surface area contributed by atoms with Gasteiger partial charge in [-0.05, 0) is 47.2 Å². The molecule has 0 fully saturated rings. The van der Waals surface area contributed by atoms with Gasteiger partial charge in [0.1, 0.15) is 17.9 Å². The van der Waals surface area contributed by atoms with E-state index in [0.29, 0.717) is 6.42 Å². The molecule has 0 radical (unpaired) electrons. The molecule has 7 heteroatoms. The zero-order chi connectivity index (χ0) is 14.5. The van der Waals surface area contributed by atoms with Crippen LogP contribution in [0.25, 0.3) is 0 Å². The highest BCUT2D eigenvalue weighted by molar-refractivity contribution is 14.1. The van der Waals surface area contributed by atoms with Crippen LogP contribution >= 0.6 is 22.6 Å². The van der Waals surface area contributed by atoms with Gasteiger partial charge in [0.15, 0.2) is 9.84 Å². The van der Waals surface area contributed by atoms with E-state index >= 15 is 0 Å². The number of halogens is 1. The molecule has 1 N–H and O–H groups in total. The van der Waals surface area contributed by atoms with Crippen LogP contribution in [0.1, 0.15) is 23.7 Å². The molecular formula is C12H15IO5S. The van der Waals surface area contributed by atoms with Gasteiger partial charge < -0.3 is 9.84 Å². The second-order valence-corrected chi connectivity index (χ2v) is 7.50. The van der Waals surface area contributed by atoms with E-state index in [1.54, 1.807) is 13.0 Å². The van der Waals surface area contributed by atoms with Crippen molar-refractivity contribution in [3.05, 3.63) is 27.3 Å². The van der Waals surface area contributed by atoms with Crippen molar-refractivity contribution in [2.24, 2.45) is 0 Å². The van der Waals surface area contributed by atoms with Crippen molar-refractivity contribution in [3.8, 4) is 5.75 Å². The van der Waals surface area contributed by atoms with Crippen LogP contribution in [0.2, 0.25) is 0 Å². The van der Waals surface area contributed by atoms with Crippen molar-refractivity contribution in [1.29, 1.82) is 0 Å². The highest BCUT2D eigenvalue weighted by Crippen LogP contribution is 2.21. The van der Waals surface area contributed by atoms with Gasteiger partial charge in [-0.3, -0.25) is 0 Å². The molecular weight excluding hydrogens is 383 g/mol. The van der Waals surface area contributed by atoms with Gasteiger partial charge in [-0.2, -0.15) is 0 Å². The molecule has 0 saturated carbocycles. The van der Waals surface area contributed by atoms with E-state index < -0.39 is 15.8 Å². The molecule has 0 atom stereocenters. The van der Waals surface area contributed by atoms with Crippen LogP contribution in [0.4, 0.5) is 0 Å². The fourth-order valence-corrected chi connectivity index (χ4v) is 3.14. The van der Waals surface area contributed by atoms with Gasteiger partial charge in [-0.1, -0.05) is 6.92 Å². The van der Waals surface area contributed by atoms with Crippen molar-refractivity contribution >= 4 is 38.4 Å². The van der Waals surface area contributed by atoms with Crippen LogP contribution in [0, 0.1) is 3.57 Å². The average Bonchev–Trinajstić information content (AvgIpc) is 2.30. The van der Waals surface area contributed by atoms with Crippen LogP contribution in [0.5, 0.6) is 5.75 Å². The van der Waals surface area contributed by atoms with Gasteiger partial charge in [-0.15, -0.1) is 0 Å². The molecule has 5 nitrogen and oxygen atoms in total. The molecule has 0 aromatic heterocycles. The lowest BCUT2D eigenvalue weighted by atomic mass is 10.2. The Hall–Kier alpha value is -0.830. The lowest BCUT2D eigenvalue weighted by Gasteiger charge is -2.09. The fourth-order valence-electron chi connectivity index (χ4n) is 1.49. The van der Waals surface area contributed by atoms with Gasteiger partial charge in [-0.25, -0.2) is 13.2 Å². The van der Waals surface area contributed by atoms with Crippen LogP contribution in [-0.4, -0.2) is 37.6 Å². The van der Waals surface area contributed by atoms with E-state index in [9.17, 15) is 13.2 Å². The Morgan fingerprint density at radius 1 is 1.37 bits per heavy atom. The lowest BCUT2D eigenvalue weighted by Crippen LogP contribution is -2.17. The molecule has 0 spiro atoms. The molecule has 0 aliphatic carbocycles. The second kappa shape index (κ2) is 7.09. The predicted molar refractivity (Wildman–Crippen MR) is 80.6 cm³/mol. The van der Waals surface area contributed by atoms with Crippen LogP contribution in [-0.2, 0) is 9.84 Å². The Labute approximate surface area is 126 Å². The third kappa shape index (κ3) is 5.35. The summed E-state index contributed by atoms with van der Waals surface area (Å²) >= 11 is 2.00. The molecule has 1 aromatic rings. The highest BCUT2D eigenvalue weighted by atomic mass is 127. The maximum atomic E-state index is 11.5. The molecule has 19 heavy (non-hydrogen) atoms. The SMILES string of the molecule is CCCS(=O)(=O)CCOc1ccc(I)cc1C(=O)O. The molecule has 1 rings (SSSR count). The summed E-state index contributed by atoms with van der Waals surface area (Å²) in [6.45, 7) is 1.75. The van der Waals surface area contributed by atoms with Crippen molar-refractivity contribution in [2.45, 2.75) is 13.3 Å². The van der Waals surface area contributed by atoms with Gasteiger partial charge >= 0.3 is 5.97 Å². The largest absolute Gasteiger partial charge is 0.492 e. The molecule has 0 aliphatic heterocycles. The van der Waals surface area contributed by atoms with E-state index in [1.165, 1.54) is 12.1 Å². The summed E-state index contributed by atoms with van der Waals surface area (Å²) in [4.78, 5) is 11.0. The Morgan fingerprint density at radius 3 is 2.63 bits per heavy atom. The van der Waals surface area contributed by atoms with E-state index in [4.69, 9.17) is 9.84 Å². The van der Waals surface area contributed by atoms with Crippen molar-refractivity contribution < 1.29 is 23.1 Å². The minimum atomic E-state index is -3.12. The molecule has 106 valence electrons. The Morgan fingerprint density at radius 2 is 2.05 bits per heavy atom. The van der Waals surface area contributed by atoms with Gasteiger partial charge in [0.25, 0.3) is 0 Å². The topological polar surface area (TPSA) is 80.7 Å². The summed E-state index contributed by atoms with van der Waals surface area (Å²) in [5.41, 5.74) is 0.0415. The van der Waals surface area contributed by atoms with E-state index in [1.807, 2.05) is 22.6 Å². The fraction of sp³-hybridized carbons (Fsp3) is 0.417. The summed E-state index contributed by atoms with van der Waals surface area (Å²) in [5.74, 6) is -0.884. The van der Waals surface area contributed by atoms with Crippen molar-refractivity contribution in [1.82, 2.24) is 0 Å². The zero-order valence-corrected chi connectivity index (χ0v) is 13.4. The molecule has 0 aliphatic rings. The van der Waals surface area contributed by atoms with Crippen LogP contribution in [0.3, 0.4) is 0 Å². The Kier molecular flexibility index (Phi) is 6.05. The molecule has 0 amide bonds. The minimum Gasteiger partial charge on any atom is -0.492 e. The van der Waals surface area contributed by atoms with Gasteiger partial charge in [0, 0.05) is 3.57 Å². The second-order valence-electron chi connectivity index (χ2n) is 3.95. The highest BCUT2D eigenvalue weighted by Gasteiger charge is 2.14. The number of hydrogen-bond donors (Lipinski definition) is 1. The minimum absolute atomic E-state index is 0.0385. The summed E-state index contributed by atoms with van der Waals surface area (Å²) in [5, 5.41) is 9.03. The molecule has 0 saturated heterocycles. The molecule has 0 heterocycles. The smallest absolute Gasteiger partial charge is 0.339 e. The Balaban J connectivity index is 2.71. The van der Waals surface area contributed by atoms with Crippen molar-refractivity contribution in [2.75, 3.05) is 18.1 Å². The van der Waals surface area contributed by atoms with E-state index in [2.05, 4.69) is 0 Å². The summed E-state index contributed by atoms with van der Waals surface area (Å²) in [6.07, 6.45) is 0.562. The number of sulfone groups is 1. The first-order valence-corrected chi connectivity index (χ1v) is 8.62. The summed E-state index contributed by atoms with van der Waals surface area (Å²) in [6, 6.07) is 4.74. The lowest BCUT2D eigenvalue weighted by molar-refractivity contribution is 0.0692. The average molecular weight is 398 g/mol. The van der Waals surface area contributed by atoms with Crippen LogP contribution in [0.15, 0.2) is 18.2 Å². The van der Waals surface area contributed by atoms with E-state index in [0.717, 1.165) is 3.57 Å². The first-order chi connectivity index (χ1) is 8.85. The molecule has 0 bridgehead atoms. The van der Waals surface area contributed by atoms with Gasteiger partial charge in [0.05, 0.1) is 11.5 Å². The third-order valence-electron chi connectivity index (χ3n) is 2.34. The third-order valence-corrected chi connectivity index (χ3v) is 4.83.